The molecule has 1 aromatic heterocycles. The maximum absolute atomic E-state index is 5.41. The van der Waals surface area contributed by atoms with Gasteiger partial charge in [0, 0.05) is 26.3 Å². The summed E-state index contributed by atoms with van der Waals surface area (Å²) < 4.78 is 1.93. The lowest BCUT2D eigenvalue weighted by Crippen LogP contribution is -2.37. The van der Waals surface area contributed by atoms with Gasteiger partial charge in [0.1, 0.15) is 0 Å². The number of aromatic nitrogens is 2. The van der Waals surface area contributed by atoms with Gasteiger partial charge < -0.3 is 10.2 Å². The van der Waals surface area contributed by atoms with Crippen LogP contribution in [0.5, 0.6) is 0 Å². The molecule has 2 rings (SSSR count). The van der Waals surface area contributed by atoms with Crippen molar-refractivity contribution in [2.24, 2.45) is 0 Å². The first-order valence-corrected chi connectivity index (χ1v) is 7.65. The Labute approximate surface area is 131 Å². The molecule has 0 aliphatic heterocycles. The summed E-state index contributed by atoms with van der Waals surface area (Å²) in [4.78, 5) is 2.02. The predicted molar refractivity (Wildman–Crippen MR) is 90.1 cm³/mol. The minimum Gasteiger partial charge on any atom is -0.362 e. The lowest BCUT2D eigenvalue weighted by Gasteiger charge is -2.20. The second-order valence-corrected chi connectivity index (χ2v) is 5.37. The SMILES string of the molecule is CCn1ccc(CN(C)C(=S)NCCc2ccccc2)n1. The molecule has 0 radical (unpaired) electrons. The Balaban J connectivity index is 1.74. The molecule has 21 heavy (non-hydrogen) atoms. The van der Waals surface area contributed by atoms with Crippen molar-refractivity contribution < 1.29 is 0 Å². The second kappa shape index (κ2) is 7.78. The van der Waals surface area contributed by atoms with Crippen molar-refractivity contribution in [3.8, 4) is 0 Å². The summed E-state index contributed by atoms with van der Waals surface area (Å²) in [6, 6.07) is 12.4. The van der Waals surface area contributed by atoms with E-state index in [4.69, 9.17) is 12.2 Å². The van der Waals surface area contributed by atoms with Crippen LogP contribution in [0.1, 0.15) is 18.2 Å². The van der Waals surface area contributed by atoms with Crippen LogP contribution in [0.4, 0.5) is 0 Å². The Morgan fingerprint density at radius 1 is 1.29 bits per heavy atom. The molecule has 1 N–H and O–H groups in total. The van der Waals surface area contributed by atoms with Crippen LogP contribution >= 0.6 is 12.2 Å². The summed E-state index contributed by atoms with van der Waals surface area (Å²) in [6.45, 7) is 4.54. The van der Waals surface area contributed by atoms with Gasteiger partial charge in [0.25, 0.3) is 0 Å². The Bertz CT molecular complexity index is 565. The van der Waals surface area contributed by atoms with Crippen LogP contribution in [0, 0.1) is 0 Å². The summed E-state index contributed by atoms with van der Waals surface area (Å²) >= 11 is 5.41. The zero-order valence-electron chi connectivity index (χ0n) is 12.6. The first-order chi connectivity index (χ1) is 10.2. The fourth-order valence-corrected chi connectivity index (χ4v) is 2.24. The largest absolute Gasteiger partial charge is 0.362 e. The van der Waals surface area contributed by atoms with Crippen molar-refractivity contribution >= 4 is 17.3 Å². The number of aryl methyl sites for hydroxylation is 1. The van der Waals surface area contributed by atoms with E-state index in [1.165, 1.54) is 5.56 Å². The lowest BCUT2D eigenvalue weighted by atomic mass is 10.1. The summed E-state index contributed by atoms with van der Waals surface area (Å²) in [5, 5.41) is 8.52. The highest BCUT2D eigenvalue weighted by atomic mass is 32.1. The minimum atomic E-state index is 0.726. The van der Waals surface area contributed by atoms with Gasteiger partial charge in [-0.25, -0.2) is 0 Å². The highest BCUT2D eigenvalue weighted by Gasteiger charge is 2.06. The molecule has 0 saturated carbocycles. The van der Waals surface area contributed by atoms with E-state index in [-0.39, 0.29) is 0 Å². The molecule has 0 saturated heterocycles. The molecule has 0 spiro atoms. The summed E-state index contributed by atoms with van der Waals surface area (Å²) in [5.41, 5.74) is 2.35. The first-order valence-electron chi connectivity index (χ1n) is 7.24. The van der Waals surface area contributed by atoms with Gasteiger partial charge in [0.05, 0.1) is 12.2 Å². The number of nitrogens with zero attached hydrogens (tertiary/aromatic N) is 3. The van der Waals surface area contributed by atoms with Gasteiger partial charge in [0.15, 0.2) is 5.11 Å². The standard InChI is InChI=1S/C16H22N4S/c1-3-20-12-10-15(18-20)13-19(2)16(21)17-11-9-14-7-5-4-6-8-14/h4-8,10,12H,3,9,11,13H2,1-2H3,(H,17,21). The van der Waals surface area contributed by atoms with Gasteiger partial charge in [-0.2, -0.15) is 5.10 Å². The summed E-state index contributed by atoms with van der Waals surface area (Å²) in [5.74, 6) is 0. The van der Waals surface area contributed by atoms with Gasteiger partial charge >= 0.3 is 0 Å². The molecule has 0 amide bonds. The molecule has 1 heterocycles. The average Bonchev–Trinajstić information content (AvgIpc) is 2.96. The Hall–Kier alpha value is -1.88. The number of thiocarbonyl (C=S) groups is 1. The van der Waals surface area contributed by atoms with Gasteiger partial charge in [-0.15, -0.1) is 0 Å². The van der Waals surface area contributed by atoms with E-state index in [1.807, 2.05) is 35.0 Å². The highest BCUT2D eigenvalue weighted by Crippen LogP contribution is 2.02. The molecular weight excluding hydrogens is 280 g/mol. The van der Waals surface area contributed by atoms with Crippen molar-refractivity contribution in [1.29, 1.82) is 0 Å². The molecule has 0 bridgehead atoms. The maximum Gasteiger partial charge on any atom is 0.169 e. The molecule has 2 aromatic rings. The molecule has 0 atom stereocenters. The van der Waals surface area contributed by atoms with Crippen LogP contribution in [0.3, 0.4) is 0 Å². The van der Waals surface area contributed by atoms with Gasteiger partial charge in [-0.1, -0.05) is 30.3 Å². The van der Waals surface area contributed by atoms with Crippen LogP contribution < -0.4 is 5.32 Å². The predicted octanol–water partition coefficient (Wildman–Crippen LogP) is 2.45. The number of benzene rings is 1. The molecule has 0 aliphatic rings. The Morgan fingerprint density at radius 2 is 2.05 bits per heavy atom. The van der Waals surface area contributed by atoms with Crippen molar-refractivity contribution in [1.82, 2.24) is 20.0 Å². The fraction of sp³-hybridized carbons (Fsp3) is 0.375. The third-order valence-electron chi connectivity index (χ3n) is 3.30. The normalized spacial score (nSPS) is 10.4. The topological polar surface area (TPSA) is 33.1 Å². The number of hydrogen-bond donors (Lipinski definition) is 1. The van der Waals surface area contributed by atoms with Crippen LogP contribution in [0.25, 0.3) is 0 Å². The van der Waals surface area contributed by atoms with Crippen molar-refractivity contribution in [3.05, 3.63) is 53.9 Å². The smallest absolute Gasteiger partial charge is 0.169 e. The number of hydrogen-bond acceptors (Lipinski definition) is 2. The molecule has 112 valence electrons. The van der Waals surface area contributed by atoms with E-state index >= 15 is 0 Å². The quantitative estimate of drug-likeness (QED) is 0.831. The molecule has 1 aromatic carbocycles. The van der Waals surface area contributed by atoms with Gasteiger partial charge in [-0.05, 0) is 37.2 Å². The molecule has 4 nitrogen and oxygen atoms in total. The van der Waals surface area contributed by atoms with E-state index < -0.39 is 0 Å². The highest BCUT2D eigenvalue weighted by molar-refractivity contribution is 7.80. The van der Waals surface area contributed by atoms with Crippen molar-refractivity contribution in [2.75, 3.05) is 13.6 Å². The van der Waals surface area contributed by atoms with Crippen molar-refractivity contribution in [3.63, 3.8) is 0 Å². The summed E-state index contributed by atoms with van der Waals surface area (Å²) in [6.07, 6.45) is 2.97. The zero-order valence-corrected chi connectivity index (χ0v) is 13.4. The maximum atomic E-state index is 5.41. The van der Waals surface area contributed by atoms with Crippen LogP contribution in [0.2, 0.25) is 0 Å². The van der Waals surface area contributed by atoms with Crippen LogP contribution in [0.15, 0.2) is 42.6 Å². The first kappa shape index (κ1) is 15.5. The Morgan fingerprint density at radius 3 is 2.71 bits per heavy atom. The average molecular weight is 302 g/mol. The third-order valence-corrected chi connectivity index (χ3v) is 3.75. The molecular formula is C16H22N4S. The molecule has 0 fully saturated rings. The van der Waals surface area contributed by atoms with Gasteiger partial charge in [0.2, 0.25) is 0 Å². The second-order valence-electron chi connectivity index (χ2n) is 4.99. The molecule has 0 unspecified atom stereocenters. The van der Waals surface area contributed by atoms with Crippen LogP contribution in [-0.2, 0) is 19.5 Å². The number of rotatable bonds is 6. The lowest BCUT2D eigenvalue weighted by molar-refractivity contribution is 0.475. The molecule has 5 heteroatoms. The van der Waals surface area contributed by atoms with E-state index in [0.717, 1.165) is 36.9 Å². The van der Waals surface area contributed by atoms with E-state index in [1.54, 1.807) is 0 Å². The van der Waals surface area contributed by atoms with E-state index in [2.05, 4.69) is 41.6 Å². The van der Waals surface area contributed by atoms with E-state index in [0.29, 0.717) is 0 Å². The van der Waals surface area contributed by atoms with Crippen LogP contribution in [-0.4, -0.2) is 33.4 Å². The summed E-state index contributed by atoms with van der Waals surface area (Å²) in [7, 11) is 1.99. The number of nitrogens with one attached hydrogen (secondary N) is 1. The minimum absolute atomic E-state index is 0.726. The fourth-order valence-electron chi connectivity index (χ4n) is 2.07. The van der Waals surface area contributed by atoms with E-state index in [9.17, 15) is 0 Å². The zero-order chi connectivity index (χ0) is 15.1. The van der Waals surface area contributed by atoms with Gasteiger partial charge in [-0.3, -0.25) is 4.68 Å². The third kappa shape index (κ3) is 4.86. The monoisotopic (exact) mass is 302 g/mol. The van der Waals surface area contributed by atoms with Crippen molar-refractivity contribution in [2.45, 2.75) is 26.4 Å². The molecule has 0 aliphatic carbocycles. The Kier molecular flexibility index (Phi) is 5.75.